The molecule has 2 N–H and O–H groups in total. The Kier molecular flexibility index (Phi) is 4.03. The number of carbonyl (C=O) groups is 1. The van der Waals surface area contributed by atoms with Crippen molar-refractivity contribution in [2.75, 3.05) is 36.8 Å². The number of carbonyl (C=O) groups excluding carboxylic acids is 1. The molecule has 4 nitrogen and oxygen atoms in total. The van der Waals surface area contributed by atoms with Gasteiger partial charge in [-0.05, 0) is 29.6 Å². The van der Waals surface area contributed by atoms with Gasteiger partial charge in [0.1, 0.15) is 4.88 Å². The normalized spacial score (nSPS) is 15.3. The topological polar surface area (TPSA) is 49.6 Å². The summed E-state index contributed by atoms with van der Waals surface area (Å²) in [5.74, 6) is 0.0298. The van der Waals surface area contributed by atoms with Gasteiger partial charge in [0.2, 0.25) is 0 Å². The fourth-order valence-corrected chi connectivity index (χ4v) is 3.58. The summed E-state index contributed by atoms with van der Waals surface area (Å²) in [6.45, 7) is 3.00. The molecule has 0 bridgehead atoms. The maximum Gasteiger partial charge on any atom is 0.265 e. The van der Waals surface area contributed by atoms with E-state index in [1.54, 1.807) is 6.07 Å². The largest absolute Gasteiger partial charge is 0.399 e. The Morgan fingerprint density at radius 3 is 2.57 bits per heavy atom. The van der Waals surface area contributed by atoms with Gasteiger partial charge >= 0.3 is 0 Å². The van der Waals surface area contributed by atoms with Crippen molar-refractivity contribution in [1.82, 2.24) is 4.90 Å². The Labute approximate surface area is 132 Å². The van der Waals surface area contributed by atoms with E-state index in [1.165, 1.54) is 11.3 Å². The van der Waals surface area contributed by atoms with Crippen LogP contribution in [0.2, 0.25) is 5.02 Å². The van der Waals surface area contributed by atoms with Gasteiger partial charge < -0.3 is 15.5 Å². The van der Waals surface area contributed by atoms with Crippen LogP contribution in [0.3, 0.4) is 0 Å². The van der Waals surface area contributed by atoms with Crippen LogP contribution in [0.15, 0.2) is 35.7 Å². The van der Waals surface area contributed by atoms with Crippen LogP contribution in [0.4, 0.5) is 11.4 Å². The fourth-order valence-electron chi connectivity index (χ4n) is 2.48. The maximum absolute atomic E-state index is 12.4. The number of thiophene rings is 1. The smallest absolute Gasteiger partial charge is 0.265 e. The molecule has 1 aromatic heterocycles. The van der Waals surface area contributed by atoms with E-state index in [9.17, 15) is 4.79 Å². The summed E-state index contributed by atoms with van der Waals surface area (Å²) in [7, 11) is 0. The quantitative estimate of drug-likeness (QED) is 0.865. The number of hydrogen-bond acceptors (Lipinski definition) is 4. The summed E-state index contributed by atoms with van der Waals surface area (Å²) in [6.07, 6.45) is 0. The van der Waals surface area contributed by atoms with E-state index in [-0.39, 0.29) is 5.91 Å². The zero-order valence-corrected chi connectivity index (χ0v) is 13.0. The molecular formula is C15H16ClN3OS. The number of amides is 1. The number of nitrogens with zero attached hydrogens (tertiary/aromatic N) is 2. The van der Waals surface area contributed by atoms with Crippen LogP contribution in [0.25, 0.3) is 0 Å². The lowest BCUT2D eigenvalue weighted by Crippen LogP contribution is -2.48. The van der Waals surface area contributed by atoms with E-state index in [0.29, 0.717) is 23.0 Å². The zero-order chi connectivity index (χ0) is 14.8. The zero-order valence-electron chi connectivity index (χ0n) is 11.5. The number of halogens is 1. The van der Waals surface area contributed by atoms with Crippen molar-refractivity contribution in [3.05, 3.63) is 45.6 Å². The number of nitrogen functional groups attached to an aromatic ring is 1. The molecule has 1 aromatic carbocycles. The highest BCUT2D eigenvalue weighted by Crippen LogP contribution is 2.25. The van der Waals surface area contributed by atoms with Gasteiger partial charge in [-0.3, -0.25) is 4.79 Å². The highest BCUT2D eigenvalue weighted by atomic mass is 35.5. The van der Waals surface area contributed by atoms with E-state index in [2.05, 4.69) is 4.90 Å². The predicted molar refractivity (Wildman–Crippen MR) is 88.3 cm³/mol. The van der Waals surface area contributed by atoms with Crippen LogP contribution >= 0.6 is 22.9 Å². The minimum atomic E-state index is 0.0298. The third kappa shape index (κ3) is 2.99. The molecule has 0 radical (unpaired) electrons. The van der Waals surface area contributed by atoms with Crippen molar-refractivity contribution in [2.24, 2.45) is 0 Å². The first kappa shape index (κ1) is 14.2. The Hall–Kier alpha value is -1.72. The molecule has 1 saturated heterocycles. The van der Waals surface area contributed by atoms with Crippen LogP contribution < -0.4 is 10.6 Å². The van der Waals surface area contributed by atoms with Crippen LogP contribution in [0.1, 0.15) is 9.67 Å². The van der Waals surface area contributed by atoms with Gasteiger partial charge in [0.15, 0.2) is 0 Å². The third-order valence-electron chi connectivity index (χ3n) is 3.61. The van der Waals surface area contributed by atoms with Crippen molar-refractivity contribution >= 4 is 40.2 Å². The molecule has 0 aliphatic carbocycles. The average Bonchev–Trinajstić information content (AvgIpc) is 2.93. The minimum absolute atomic E-state index is 0.0298. The van der Waals surface area contributed by atoms with Gasteiger partial charge in [0, 0.05) is 37.6 Å². The third-order valence-corrected chi connectivity index (χ3v) is 4.94. The Morgan fingerprint density at radius 2 is 1.95 bits per heavy atom. The summed E-state index contributed by atoms with van der Waals surface area (Å²) in [4.78, 5) is 17.1. The lowest BCUT2D eigenvalue weighted by atomic mass is 10.2. The molecule has 2 aromatic rings. The summed E-state index contributed by atoms with van der Waals surface area (Å²) in [5.41, 5.74) is 7.69. The van der Waals surface area contributed by atoms with Crippen molar-refractivity contribution in [1.29, 1.82) is 0 Å². The van der Waals surface area contributed by atoms with Crippen molar-refractivity contribution in [2.45, 2.75) is 0 Å². The second-order valence-electron chi connectivity index (χ2n) is 4.97. The van der Waals surface area contributed by atoms with Crippen LogP contribution in [0, 0.1) is 0 Å². The Morgan fingerprint density at radius 1 is 1.19 bits per heavy atom. The summed E-state index contributed by atoms with van der Waals surface area (Å²) >= 11 is 7.43. The Bertz CT molecular complexity index is 650. The van der Waals surface area contributed by atoms with Crippen LogP contribution in [-0.2, 0) is 0 Å². The second kappa shape index (κ2) is 5.95. The van der Waals surface area contributed by atoms with Crippen molar-refractivity contribution in [3.8, 4) is 0 Å². The van der Waals surface area contributed by atoms with E-state index < -0.39 is 0 Å². The number of anilines is 2. The molecule has 21 heavy (non-hydrogen) atoms. The molecule has 110 valence electrons. The van der Waals surface area contributed by atoms with E-state index in [0.717, 1.165) is 24.5 Å². The van der Waals surface area contributed by atoms with Crippen LogP contribution in [0.5, 0.6) is 0 Å². The fraction of sp³-hybridized carbons (Fsp3) is 0.267. The highest BCUT2D eigenvalue weighted by molar-refractivity contribution is 7.12. The molecular weight excluding hydrogens is 306 g/mol. The van der Waals surface area contributed by atoms with Crippen LogP contribution in [-0.4, -0.2) is 37.0 Å². The average molecular weight is 322 g/mol. The highest BCUT2D eigenvalue weighted by Gasteiger charge is 2.24. The van der Waals surface area contributed by atoms with Crippen molar-refractivity contribution < 1.29 is 4.79 Å². The summed E-state index contributed by atoms with van der Waals surface area (Å²) < 4.78 is 0. The summed E-state index contributed by atoms with van der Waals surface area (Å²) in [5, 5.41) is 2.39. The van der Waals surface area contributed by atoms with Crippen molar-refractivity contribution in [3.63, 3.8) is 0 Å². The molecule has 0 atom stereocenters. The molecule has 1 aliphatic rings. The SMILES string of the molecule is Nc1cccc(N2CCN(C(=O)c3sccc3Cl)CC2)c1. The van der Waals surface area contributed by atoms with E-state index in [4.69, 9.17) is 17.3 Å². The molecule has 2 heterocycles. The van der Waals surface area contributed by atoms with Gasteiger partial charge in [-0.15, -0.1) is 11.3 Å². The number of benzene rings is 1. The van der Waals surface area contributed by atoms with Gasteiger partial charge in [-0.25, -0.2) is 0 Å². The van der Waals surface area contributed by atoms with Gasteiger partial charge in [-0.2, -0.15) is 0 Å². The number of nitrogens with two attached hydrogens (primary N) is 1. The van der Waals surface area contributed by atoms with Gasteiger partial charge in [-0.1, -0.05) is 17.7 Å². The first-order valence-electron chi connectivity index (χ1n) is 6.78. The van der Waals surface area contributed by atoms with Gasteiger partial charge in [0.05, 0.1) is 5.02 Å². The maximum atomic E-state index is 12.4. The lowest BCUT2D eigenvalue weighted by molar-refractivity contribution is 0.0752. The molecule has 0 spiro atoms. The lowest BCUT2D eigenvalue weighted by Gasteiger charge is -2.36. The molecule has 3 rings (SSSR count). The standard InChI is InChI=1S/C15H16ClN3OS/c16-13-4-9-21-14(13)15(20)19-7-5-18(6-8-19)12-3-1-2-11(17)10-12/h1-4,9-10H,5-8,17H2. The first-order chi connectivity index (χ1) is 10.1. The Balaban J connectivity index is 1.65. The molecule has 1 fully saturated rings. The number of rotatable bonds is 2. The molecule has 6 heteroatoms. The summed E-state index contributed by atoms with van der Waals surface area (Å²) in [6, 6.07) is 9.61. The minimum Gasteiger partial charge on any atom is -0.399 e. The number of piperazine rings is 1. The molecule has 0 saturated carbocycles. The first-order valence-corrected chi connectivity index (χ1v) is 8.03. The van der Waals surface area contributed by atoms with E-state index >= 15 is 0 Å². The molecule has 1 aliphatic heterocycles. The van der Waals surface area contributed by atoms with E-state index in [1.807, 2.05) is 34.5 Å². The van der Waals surface area contributed by atoms with Gasteiger partial charge in [0.25, 0.3) is 5.91 Å². The molecule has 1 amide bonds. The monoisotopic (exact) mass is 321 g/mol. The molecule has 0 unspecified atom stereocenters. The predicted octanol–water partition coefficient (Wildman–Crippen LogP) is 2.95. The number of hydrogen-bond donors (Lipinski definition) is 1. The second-order valence-corrected chi connectivity index (χ2v) is 6.30.